The number of halogens is 1. The van der Waals surface area contributed by atoms with Gasteiger partial charge in [0, 0.05) is 31.6 Å². The molecule has 7 heteroatoms. The maximum Gasteiger partial charge on any atom is 0.246 e. The summed E-state index contributed by atoms with van der Waals surface area (Å²) in [6, 6.07) is 20.6. The number of fused-ring (bicyclic) bond motifs is 1. The van der Waals surface area contributed by atoms with Gasteiger partial charge in [-0.25, -0.2) is 9.07 Å². The van der Waals surface area contributed by atoms with E-state index in [0.717, 1.165) is 39.2 Å². The maximum absolute atomic E-state index is 13.8. The first-order valence-electron chi connectivity index (χ1n) is 11.6. The lowest BCUT2D eigenvalue weighted by Gasteiger charge is -2.35. The number of hydrogen-bond acceptors (Lipinski definition) is 4. The molecular weight excluding hydrogens is 443 g/mol. The number of carbonyl (C=O) groups is 1. The molecule has 178 valence electrons. The van der Waals surface area contributed by atoms with E-state index in [1.807, 2.05) is 52.0 Å². The SMILES string of the molecule is C=CC(=O)N1CCN(c2c3ccc(-c4cccc(F)c4)cc3nn2Cc2ccc(OC)cc2)CC1. The number of ether oxygens (including phenoxy) is 1. The second-order valence-corrected chi connectivity index (χ2v) is 8.59. The molecule has 1 fully saturated rings. The summed E-state index contributed by atoms with van der Waals surface area (Å²) >= 11 is 0. The highest BCUT2D eigenvalue weighted by Gasteiger charge is 2.24. The van der Waals surface area contributed by atoms with Crippen LogP contribution < -0.4 is 9.64 Å². The Morgan fingerprint density at radius 3 is 2.46 bits per heavy atom. The molecule has 1 aliphatic heterocycles. The van der Waals surface area contributed by atoms with Gasteiger partial charge in [0.1, 0.15) is 17.4 Å². The molecule has 3 aromatic carbocycles. The van der Waals surface area contributed by atoms with E-state index in [4.69, 9.17) is 9.84 Å². The number of carbonyl (C=O) groups excluding carboxylic acids is 1. The molecule has 1 amide bonds. The molecule has 5 rings (SSSR count). The summed E-state index contributed by atoms with van der Waals surface area (Å²) in [7, 11) is 1.65. The number of nitrogens with zero attached hydrogens (tertiary/aromatic N) is 4. The van der Waals surface area contributed by atoms with Crippen LogP contribution >= 0.6 is 0 Å². The van der Waals surface area contributed by atoms with E-state index < -0.39 is 0 Å². The highest BCUT2D eigenvalue weighted by Crippen LogP contribution is 2.32. The van der Waals surface area contributed by atoms with Crippen LogP contribution in [0.1, 0.15) is 5.56 Å². The number of anilines is 1. The minimum absolute atomic E-state index is 0.0408. The summed E-state index contributed by atoms with van der Waals surface area (Å²) in [5.74, 6) is 1.52. The van der Waals surface area contributed by atoms with Crippen molar-refractivity contribution >= 4 is 22.6 Å². The summed E-state index contributed by atoms with van der Waals surface area (Å²) in [4.78, 5) is 16.2. The van der Waals surface area contributed by atoms with Gasteiger partial charge >= 0.3 is 0 Å². The molecule has 0 N–H and O–H groups in total. The summed E-state index contributed by atoms with van der Waals surface area (Å²) in [5.41, 5.74) is 3.68. The van der Waals surface area contributed by atoms with Crippen LogP contribution in [-0.2, 0) is 11.3 Å². The van der Waals surface area contributed by atoms with Gasteiger partial charge in [0.2, 0.25) is 5.91 Å². The third-order valence-electron chi connectivity index (χ3n) is 6.43. The molecule has 0 atom stereocenters. The Balaban J connectivity index is 1.53. The van der Waals surface area contributed by atoms with Crippen LogP contribution in [0.15, 0.2) is 79.4 Å². The monoisotopic (exact) mass is 470 g/mol. The van der Waals surface area contributed by atoms with Crippen LogP contribution in [0.3, 0.4) is 0 Å². The lowest BCUT2D eigenvalue weighted by Crippen LogP contribution is -2.49. The first kappa shape index (κ1) is 22.7. The van der Waals surface area contributed by atoms with E-state index in [0.29, 0.717) is 32.7 Å². The standard InChI is InChI=1S/C28H27FN4O2/c1-3-27(34)31-13-15-32(16-14-31)28-25-12-9-22(21-5-4-6-23(29)17-21)18-26(25)30-33(28)19-20-7-10-24(35-2)11-8-20/h3-12,17-18H,1,13-16,19H2,2H3. The Labute approximate surface area is 203 Å². The molecule has 35 heavy (non-hydrogen) atoms. The lowest BCUT2D eigenvalue weighted by molar-refractivity contribution is -0.126. The van der Waals surface area contributed by atoms with Gasteiger partial charge in [-0.1, -0.05) is 36.9 Å². The van der Waals surface area contributed by atoms with Crippen LogP contribution in [0.2, 0.25) is 0 Å². The Hall–Kier alpha value is -4.13. The number of amides is 1. The summed E-state index contributed by atoms with van der Waals surface area (Å²) in [6.07, 6.45) is 1.37. The van der Waals surface area contributed by atoms with E-state index >= 15 is 0 Å². The van der Waals surface area contributed by atoms with Crippen molar-refractivity contribution in [3.05, 3.63) is 90.8 Å². The zero-order chi connectivity index (χ0) is 24.4. The smallest absolute Gasteiger partial charge is 0.246 e. The first-order chi connectivity index (χ1) is 17.1. The quantitative estimate of drug-likeness (QED) is 0.382. The van der Waals surface area contributed by atoms with Crippen LogP contribution in [-0.4, -0.2) is 53.9 Å². The fourth-order valence-corrected chi connectivity index (χ4v) is 4.58. The second kappa shape index (κ2) is 9.62. The van der Waals surface area contributed by atoms with Crippen molar-refractivity contribution in [1.82, 2.24) is 14.7 Å². The summed E-state index contributed by atoms with van der Waals surface area (Å²) in [6.45, 7) is 6.86. The van der Waals surface area contributed by atoms with Crippen molar-refractivity contribution in [2.24, 2.45) is 0 Å². The van der Waals surface area contributed by atoms with Gasteiger partial charge in [0.15, 0.2) is 0 Å². The van der Waals surface area contributed by atoms with Gasteiger partial charge in [0.05, 0.1) is 19.2 Å². The van der Waals surface area contributed by atoms with E-state index in [9.17, 15) is 9.18 Å². The molecule has 0 radical (unpaired) electrons. The number of methoxy groups -OCH3 is 1. The lowest BCUT2D eigenvalue weighted by atomic mass is 10.0. The largest absolute Gasteiger partial charge is 0.497 e. The predicted octanol–water partition coefficient (Wildman–Crippen LogP) is 4.73. The average Bonchev–Trinajstić information content (AvgIpc) is 3.25. The van der Waals surface area contributed by atoms with Crippen LogP contribution in [0.25, 0.3) is 22.0 Å². The molecule has 0 bridgehead atoms. The van der Waals surface area contributed by atoms with E-state index in [2.05, 4.69) is 17.5 Å². The molecule has 0 aliphatic carbocycles. The molecule has 0 spiro atoms. The van der Waals surface area contributed by atoms with Crippen molar-refractivity contribution in [1.29, 1.82) is 0 Å². The van der Waals surface area contributed by atoms with E-state index in [1.165, 1.54) is 18.2 Å². The molecule has 0 saturated carbocycles. The fraction of sp³-hybridized carbons (Fsp3) is 0.214. The molecule has 1 saturated heterocycles. The van der Waals surface area contributed by atoms with Crippen LogP contribution in [0.4, 0.5) is 10.2 Å². The van der Waals surface area contributed by atoms with E-state index in [-0.39, 0.29) is 11.7 Å². The van der Waals surface area contributed by atoms with Crippen molar-refractivity contribution in [2.75, 3.05) is 38.2 Å². The number of benzene rings is 3. The molecule has 2 heterocycles. The molecule has 6 nitrogen and oxygen atoms in total. The molecule has 1 aromatic heterocycles. The number of piperazine rings is 1. The Kier molecular flexibility index (Phi) is 6.23. The summed E-state index contributed by atoms with van der Waals surface area (Å²) in [5, 5.41) is 5.99. The highest BCUT2D eigenvalue weighted by atomic mass is 19.1. The van der Waals surface area contributed by atoms with Crippen LogP contribution in [0.5, 0.6) is 5.75 Å². The minimum Gasteiger partial charge on any atom is -0.497 e. The predicted molar refractivity (Wildman–Crippen MR) is 136 cm³/mol. The zero-order valence-electron chi connectivity index (χ0n) is 19.7. The van der Waals surface area contributed by atoms with Crippen molar-refractivity contribution in [3.63, 3.8) is 0 Å². The molecule has 1 aliphatic rings. The van der Waals surface area contributed by atoms with Gasteiger partial charge in [-0.3, -0.25) is 4.79 Å². The highest BCUT2D eigenvalue weighted by molar-refractivity contribution is 5.94. The third kappa shape index (κ3) is 4.62. The Morgan fingerprint density at radius 2 is 1.77 bits per heavy atom. The molecule has 4 aromatic rings. The minimum atomic E-state index is -0.264. The van der Waals surface area contributed by atoms with Gasteiger partial charge < -0.3 is 14.5 Å². The van der Waals surface area contributed by atoms with E-state index in [1.54, 1.807) is 13.2 Å². The van der Waals surface area contributed by atoms with Crippen molar-refractivity contribution < 1.29 is 13.9 Å². The normalized spacial score (nSPS) is 13.8. The van der Waals surface area contributed by atoms with Gasteiger partial charge in [-0.05, 0) is 59.2 Å². The third-order valence-corrected chi connectivity index (χ3v) is 6.43. The molecular formula is C28H27FN4O2. The number of hydrogen-bond donors (Lipinski definition) is 0. The Morgan fingerprint density at radius 1 is 1.03 bits per heavy atom. The Bertz CT molecular complexity index is 1370. The zero-order valence-corrected chi connectivity index (χ0v) is 19.7. The maximum atomic E-state index is 13.8. The number of rotatable bonds is 6. The molecule has 0 unspecified atom stereocenters. The summed E-state index contributed by atoms with van der Waals surface area (Å²) < 4.78 is 21.1. The average molecular weight is 471 g/mol. The van der Waals surface area contributed by atoms with Crippen molar-refractivity contribution in [2.45, 2.75) is 6.54 Å². The first-order valence-corrected chi connectivity index (χ1v) is 11.6. The van der Waals surface area contributed by atoms with Gasteiger partial charge in [0.25, 0.3) is 0 Å². The van der Waals surface area contributed by atoms with Crippen molar-refractivity contribution in [3.8, 4) is 16.9 Å². The fourth-order valence-electron chi connectivity index (χ4n) is 4.58. The van der Waals surface area contributed by atoms with Crippen LogP contribution in [0, 0.1) is 5.82 Å². The topological polar surface area (TPSA) is 50.6 Å². The van der Waals surface area contributed by atoms with Gasteiger partial charge in [-0.15, -0.1) is 0 Å². The number of aromatic nitrogens is 2. The second-order valence-electron chi connectivity index (χ2n) is 8.59. The van der Waals surface area contributed by atoms with Gasteiger partial charge in [-0.2, -0.15) is 5.10 Å².